The van der Waals surface area contributed by atoms with Crippen molar-refractivity contribution in [3.05, 3.63) is 101 Å². The number of nitrogens with zero attached hydrogens (tertiary/aromatic N) is 1. The van der Waals surface area contributed by atoms with Crippen LogP contribution in [-0.2, 0) is 22.6 Å². The molecule has 0 aliphatic carbocycles. The molecule has 6 heteroatoms. The summed E-state index contributed by atoms with van der Waals surface area (Å²) in [5.41, 5.74) is 2.32. The van der Waals surface area contributed by atoms with Crippen LogP contribution in [0.5, 0.6) is 5.75 Å². The van der Waals surface area contributed by atoms with Crippen LogP contribution in [0, 0.1) is 12.7 Å². The molecule has 3 rings (SSSR count). The molecule has 0 aromatic heterocycles. The van der Waals surface area contributed by atoms with Gasteiger partial charge in [-0.3, -0.25) is 9.59 Å². The minimum Gasteiger partial charge on any atom is -0.484 e. The van der Waals surface area contributed by atoms with E-state index >= 15 is 0 Å². The number of aryl methyl sites for hydroxylation is 1. The van der Waals surface area contributed by atoms with E-state index in [1.807, 2.05) is 63.2 Å². The third-order valence-corrected chi connectivity index (χ3v) is 5.95. The molecule has 2 atom stereocenters. The van der Waals surface area contributed by atoms with Gasteiger partial charge in [0.25, 0.3) is 5.91 Å². The highest BCUT2D eigenvalue weighted by Gasteiger charge is 2.31. The van der Waals surface area contributed by atoms with E-state index < -0.39 is 17.8 Å². The van der Waals surface area contributed by atoms with Crippen molar-refractivity contribution < 1.29 is 18.7 Å². The summed E-state index contributed by atoms with van der Waals surface area (Å²) in [6, 6.07) is 22.3. The SMILES string of the molecule is CCC(C)NC(=O)C(Cc1ccccc1)N(Cc1ccccc1F)C(=O)COc1ccc(C)cc1. The number of carbonyl (C=O) groups excluding carboxylic acids is 2. The van der Waals surface area contributed by atoms with Crippen molar-refractivity contribution in [3.8, 4) is 5.75 Å². The van der Waals surface area contributed by atoms with E-state index in [1.165, 1.54) is 11.0 Å². The third-order valence-electron chi connectivity index (χ3n) is 5.95. The van der Waals surface area contributed by atoms with Crippen LogP contribution >= 0.6 is 0 Å². The second kappa shape index (κ2) is 12.7. The summed E-state index contributed by atoms with van der Waals surface area (Å²) in [7, 11) is 0. The standard InChI is InChI=1S/C29H33FN2O3/c1-4-22(3)31-29(34)27(18-23-10-6-5-7-11-23)32(19-24-12-8-9-13-26(24)30)28(33)20-35-25-16-14-21(2)15-17-25/h5-17,22,27H,4,18-20H2,1-3H3,(H,31,34). The number of hydrogen-bond acceptors (Lipinski definition) is 3. The maximum atomic E-state index is 14.6. The second-order valence-corrected chi connectivity index (χ2v) is 8.74. The predicted molar refractivity (Wildman–Crippen MR) is 135 cm³/mol. The predicted octanol–water partition coefficient (Wildman–Crippen LogP) is 5.07. The molecule has 5 nitrogen and oxygen atoms in total. The van der Waals surface area contributed by atoms with Gasteiger partial charge in [-0.2, -0.15) is 0 Å². The van der Waals surface area contributed by atoms with Crippen LogP contribution in [0.3, 0.4) is 0 Å². The normalized spacial score (nSPS) is 12.5. The number of nitrogens with one attached hydrogen (secondary N) is 1. The molecule has 0 aliphatic heterocycles. The second-order valence-electron chi connectivity index (χ2n) is 8.74. The lowest BCUT2D eigenvalue weighted by Crippen LogP contribution is -2.53. The summed E-state index contributed by atoms with van der Waals surface area (Å²) >= 11 is 0. The van der Waals surface area contributed by atoms with Crippen molar-refractivity contribution >= 4 is 11.8 Å². The van der Waals surface area contributed by atoms with Crippen LogP contribution in [0.1, 0.15) is 37.0 Å². The van der Waals surface area contributed by atoms with E-state index in [-0.39, 0.29) is 25.1 Å². The summed E-state index contributed by atoms with van der Waals surface area (Å²) in [5.74, 6) is -0.540. The Bertz CT molecular complexity index is 1100. The third kappa shape index (κ3) is 7.67. The Hall–Kier alpha value is -3.67. The van der Waals surface area contributed by atoms with Gasteiger partial charge in [-0.15, -0.1) is 0 Å². The molecule has 0 radical (unpaired) electrons. The quantitative estimate of drug-likeness (QED) is 0.421. The molecule has 0 fully saturated rings. The molecule has 35 heavy (non-hydrogen) atoms. The summed E-state index contributed by atoms with van der Waals surface area (Å²) in [6.07, 6.45) is 1.05. The molecule has 0 heterocycles. The van der Waals surface area contributed by atoms with E-state index in [2.05, 4.69) is 5.32 Å². The van der Waals surface area contributed by atoms with Gasteiger partial charge in [0.2, 0.25) is 5.91 Å². The van der Waals surface area contributed by atoms with Gasteiger partial charge in [-0.25, -0.2) is 4.39 Å². The van der Waals surface area contributed by atoms with Crippen LogP contribution in [0.2, 0.25) is 0 Å². The lowest BCUT2D eigenvalue weighted by atomic mass is 10.0. The first-order chi connectivity index (χ1) is 16.9. The minimum atomic E-state index is -0.833. The molecule has 0 bridgehead atoms. The van der Waals surface area contributed by atoms with Gasteiger partial charge < -0.3 is 15.0 Å². The molecule has 0 aliphatic rings. The molecular formula is C29H33FN2O3. The van der Waals surface area contributed by atoms with E-state index in [0.29, 0.717) is 17.7 Å². The molecule has 0 spiro atoms. The first kappa shape index (κ1) is 25.9. The van der Waals surface area contributed by atoms with Gasteiger partial charge in [-0.1, -0.05) is 73.2 Å². The summed E-state index contributed by atoms with van der Waals surface area (Å²) in [4.78, 5) is 28.3. The molecule has 1 N–H and O–H groups in total. The zero-order valence-corrected chi connectivity index (χ0v) is 20.5. The highest BCUT2D eigenvalue weighted by atomic mass is 19.1. The fraction of sp³-hybridized carbons (Fsp3) is 0.310. The molecule has 3 aromatic carbocycles. The molecule has 0 saturated carbocycles. The van der Waals surface area contributed by atoms with Gasteiger partial charge in [0.15, 0.2) is 6.61 Å². The Balaban J connectivity index is 1.91. The van der Waals surface area contributed by atoms with Gasteiger partial charge in [0.1, 0.15) is 17.6 Å². The highest BCUT2D eigenvalue weighted by Crippen LogP contribution is 2.18. The number of halogens is 1. The Morgan fingerprint density at radius 3 is 2.29 bits per heavy atom. The van der Waals surface area contributed by atoms with Crippen LogP contribution in [-0.4, -0.2) is 35.4 Å². The summed E-state index contributed by atoms with van der Waals surface area (Å²) in [6.45, 7) is 5.55. The minimum absolute atomic E-state index is 0.0474. The largest absolute Gasteiger partial charge is 0.484 e. The summed E-state index contributed by atoms with van der Waals surface area (Å²) in [5, 5.41) is 3.00. The van der Waals surface area contributed by atoms with Crippen molar-refractivity contribution in [1.29, 1.82) is 0 Å². The van der Waals surface area contributed by atoms with Gasteiger partial charge in [0, 0.05) is 24.6 Å². The maximum absolute atomic E-state index is 14.6. The number of benzene rings is 3. The first-order valence-corrected chi connectivity index (χ1v) is 11.9. The fourth-order valence-electron chi connectivity index (χ4n) is 3.67. The fourth-order valence-corrected chi connectivity index (χ4v) is 3.67. The monoisotopic (exact) mass is 476 g/mol. The maximum Gasteiger partial charge on any atom is 0.261 e. The number of amides is 2. The number of ether oxygens (including phenoxy) is 1. The first-order valence-electron chi connectivity index (χ1n) is 11.9. The van der Waals surface area contributed by atoms with Crippen molar-refractivity contribution in [3.63, 3.8) is 0 Å². The highest BCUT2D eigenvalue weighted by molar-refractivity contribution is 5.88. The molecule has 184 valence electrons. The van der Waals surface area contributed by atoms with Crippen LogP contribution in [0.15, 0.2) is 78.9 Å². The number of carbonyl (C=O) groups is 2. The zero-order valence-electron chi connectivity index (χ0n) is 20.5. The average molecular weight is 477 g/mol. The number of hydrogen-bond donors (Lipinski definition) is 1. The van der Waals surface area contributed by atoms with E-state index in [9.17, 15) is 14.0 Å². The van der Waals surface area contributed by atoms with E-state index in [4.69, 9.17) is 4.74 Å². The van der Waals surface area contributed by atoms with Crippen molar-refractivity contribution in [2.24, 2.45) is 0 Å². The van der Waals surface area contributed by atoms with Crippen molar-refractivity contribution in [2.75, 3.05) is 6.61 Å². The topological polar surface area (TPSA) is 58.6 Å². The van der Waals surface area contributed by atoms with Crippen molar-refractivity contribution in [2.45, 2.75) is 52.2 Å². The Morgan fingerprint density at radius 2 is 1.63 bits per heavy atom. The van der Waals surface area contributed by atoms with E-state index in [0.717, 1.165) is 17.5 Å². The van der Waals surface area contributed by atoms with Gasteiger partial charge in [-0.05, 0) is 44.0 Å². The average Bonchev–Trinajstić information content (AvgIpc) is 2.87. The van der Waals surface area contributed by atoms with Crippen LogP contribution in [0.25, 0.3) is 0 Å². The molecular weight excluding hydrogens is 443 g/mol. The lowest BCUT2D eigenvalue weighted by molar-refractivity contribution is -0.143. The Labute approximate surface area is 206 Å². The molecule has 2 amide bonds. The van der Waals surface area contributed by atoms with Gasteiger partial charge in [0.05, 0.1) is 0 Å². The molecule has 2 unspecified atom stereocenters. The zero-order chi connectivity index (χ0) is 25.2. The smallest absolute Gasteiger partial charge is 0.261 e. The Morgan fingerprint density at radius 1 is 0.971 bits per heavy atom. The van der Waals surface area contributed by atoms with E-state index in [1.54, 1.807) is 30.3 Å². The Kier molecular flexibility index (Phi) is 9.41. The summed E-state index contributed by atoms with van der Waals surface area (Å²) < 4.78 is 20.3. The lowest BCUT2D eigenvalue weighted by Gasteiger charge is -2.32. The number of rotatable bonds is 11. The van der Waals surface area contributed by atoms with Crippen LogP contribution < -0.4 is 10.1 Å². The molecule has 3 aromatic rings. The van der Waals surface area contributed by atoms with Gasteiger partial charge >= 0.3 is 0 Å². The van der Waals surface area contributed by atoms with Crippen LogP contribution in [0.4, 0.5) is 4.39 Å². The molecule has 0 saturated heterocycles. The van der Waals surface area contributed by atoms with Crippen molar-refractivity contribution in [1.82, 2.24) is 10.2 Å².